The Kier molecular flexibility index (Phi) is 3.50. The van der Waals surface area contributed by atoms with Crippen molar-refractivity contribution in [3.8, 4) is 6.07 Å². The van der Waals surface area contributed by atoms with Gasteiger partial charge >= 0.3 is 0 Å². The number of hydrogen-bond donors (Lipinski definition) is 2. The first-order chi connectivity index (χ1) is 13.1. The van der Waals surface area contributed by atoms with Gasteiger partial charge in [-0.3, -0.25) is 25.1 Å². The van der Waals surface area contributed by atoms with Crippen molar-refractivity contribution in [2.75, 3.05) is 5.32 Å². The molecule has 2 N–H and O–H groups in total. The van der Waals surface area contributed by atoms with Crippen LogP contribution in [0.25, 0.3) is 0 Å². The lowest BCUT2D eigenvalue weighted by molar-refractivity contribution is -0.384. The van der Waals surface area contributed by atoms with Crippen LogP contribution >= 0.6 is 0 Å². The smallest absolute Gasteiger partial charge is 0.269 e. The van der Waals surface area contributed by atoms with E-state index in [9.17, 15) is 25.0 Å². The van der Waals surface area contributed by atoms with Crippen molar-refractivity contribution in [1.82, 2.24) is 0 Å². The number of fused-ring (bicyclic) bond motifs is 3. The van der Waals surface area contributed by atoms with Gasteiger partial charge in [-0.2, -0.15) is 5.26 Å². The van der Waals surface area contributed by atoms with E-state index >= 15 is 0 Å². The zero-order chi connectivity index (χ0) is 20.4. The van der Waals surface area contributed by atoms with Gasteiger partial charge in [-0.1, -0.05) is 13.8 Å². The van der Waals surface area contributed by atoms with Crippen LogP contribution in [0.5, 0.6) is 0 Å². The number of carbonyl (C=O) groups is 2. The van der Waals surface area contributed by atoms with Crippen LogP contribution in [0, 0.1) is 38.2 Å². The van der Waals surface area contributed by atoms with E-state index in [2.05, 4.69) is 5.32 Å². The summed E-state index contributed by atoms with van der Waals surface area (Å²) in [5, 5.41) is 31.9. The van der Waals surface area contributed by atoms with Gasteiger partial charge in [0.05, 0.1) is 16.6 Å². The minimum atomic E-state index is -1.83. The van der Waals surface area contributed by atoms with E-state index in [1.165, 1.54) is 18.2 Å². The first kappa shape index (κ1) is 17.9. The normalized spacial score (nSPS) is 27.6. The summed E-state index contributed by atoms with van der Waals surface area (Å²) < 4.78 is 5.53. The second-order valence-corrected chi connectivity index (χ2v) is 8.02. The second-order valence-electron chi connectivity index (χ2n) is 8.02. The van der Waals surface area contributed by atoms with Gasteiger partial charge in [0, 0.05) is 36.2 Å². The van der Waals surface area contributed by atoms with Gasteiger partial charge in [0.15, 0.2) is 5.78 Å². The number of non-ortho nitro benzene ring substituents is 1. The molecule has 0 bridgehead atoms. The Morgan fingerprint density at radius 1 is 1.36 bits per heavy atom. The highest BCUT2D eigenvalue weighted by atomic mass is 16.6. The number of nitro groups is 1. The molecule has 2 atom stereocenters. The first-order valence-corrected chi connectivity index (χ1v) is 8.65. The summed E-state index contributed by atoms with van der Waals surface area (Å²) in [4.78, 5) is 37.0. The lowest BCUT2D eigenvalue weighted by Gasteiger charge is -2.43. The average molecular weight is 380 g/mol. The van der Waals surface area contributed by atoms with E-state index in [-0.39, 0.29) is 40.5 Å². The maximum Gasteiger partial charge on any atom is 0.269 e. The third kappa shape index (κ3) is 2.14. The number of benzene rings is 1. The fourth-order valence-electron chi connectivity index (χ4n) is 4.44. The molecule has 0 fully saturated rings. The molecule has 0 saturated heterocycles. The second kappa shape index (κ2) is 5.48. The number of carbonyl (C=O) groups excluding carboxylic acids is 2. The molecule has 2 aliphatic heterocycles. The molecule has 28 heavy (non-hydrogen) atoms. The zero-order valence-corrected chi connectivity index (χ0v) is 15.2. The first-order valence-electron chi connectivity index (χ1n) is 8.65. The predicted octanol–water partition coefficient (Wildman–Crippen LogP) is 2.58. The average Bonchev–Trinajstić information content (AvgIpc) is 2.85. The van der Waals surface area contributed by atoms with E-state index < -0.39 is 33.5 Å². The number of nitro benzene ring substituents is 1. The summed E-state index contributed by atoms with van der Waals surface area (Å²) >= 11 is 0. The van der Waals surface area contributed by atoms with Crippen LogP contribution in [0.4, 0.5) is 11.4 Å². The van der Waals surface area contributed by atoms with Crippen molar-refractivity contribution in [2.24, 2.45) is 11.3 Å². The largest absolute Gasteiger partial charge is 0.446 e. The summed E-state index contributed by atoms with van der Waals surface area (Å²) in [7, 11) is 0. The zero-order valence-electron chi connectivity index (χ0n) is 15.2. The van der Waals surface area contributed by atoms with E-state index in [0.717, 1.165) is 0 Å². The Morgan fingerprint density at radius 3 is 2.71 bits per heavy atom. The molecule has 9 heteroatoms. The number of nitriles is 1. The molecule has 2 unspecified atom stereocenters. The number of rotatable bonds is 1. The molecule has 0 aromatic heterocycles. The molecule has 3 aliphatic rings. The van der Waals surface area contributed by atoms with Gasteiger partial charge < -0.3 is 10.1 Å². The van der Waals surface area contributed by atoms with E-state index in [0.29, 0.717) is 6.42 Å². The van der Waals surface area contributed by atoms with Crippen molar-refractivity contribution >= 4 is 29.0 Å². The Morgan fingerprint density at radius 2 is 2.07 bits per heavy atom. The molecule has 4 rings (SSSR count). The highest BCUT2D eigenvalue weighted by molar-refractivity contribution is 6.19. The summed E-state index contributed by atoms with van der Waals surface area (Å²) in [5.41, 5.74) is -2.05. The van der Waals surface area contributed by atoms with Crippen LogP contribution in [-0.2, 0) is 19.7 Å². The molecule has 1 amide bonds. The third-order valence-electron chi connectivity index (χ3n) is 5.53. The number of anilines is 1. The highest BCUT2D eigenvalue weighted by Crippen LogP contribution is 2.56. The third-order valence-corrected chi connectivity index (χ3v) is 5.53. The minimum Gasteiger partial charge on any atom is -0.446 e. The lowest BCUT2D eigenvalue weighted by Crippen LogP contribution is -2.53. The van der Waals surface area contributed by atoms with Gasteiger partial charge in [-0.25, -0.2) is 0 Å². The number of ketones is 1. The molecule has 142 valence electrons. The number of nitrogens with zero attached hydrogens (tertiary/aromatic N) is 2. The van der Waals surface area contributed by atoms with Crippen molar-refractivity contribution in [3.63, 3.8) is 0 Å². The van der Waals surface area contributed by atoms with E-state index in [1.807, 2.05) is 19.9 Å². The Balaban J connectivity index is 2.09. The van der Waals surface area contributed by atoms with Gasteiger partial charge in [0.25, 0.3) is 5.69 Å². The van der Waals surface area contributed by atoms with Gasteiger partial charge in [-0.05, 0) is 11.5 Å². The Bertz CT molecular complexity index is 1060. The number of hydrogen-bond acceptors (Lipinski definition) is 7. The van der Waals surface area contributed by atoms with Gasteiger partial charge in [0.2, 0.25) is 11.8 Å². The minimum absolute atomic E-state index is 0.0334. The number of nitrogens with one attached hydrogen (secondary N) is 2. The van der Waals surface area contributed by atoms with Gasteiger partial charge in [-0.15, -0.1) is 0 Å². The number of ether oxygens (including phenoxy) is 1. The monoisotopic (exact) mass is 380 g/mol. The molecule has 2 heterocycles. The molecule has 1 aromatic rings. The fourth-order valence-corrected chi connectivity index (χ4v) is 4.44. The standard InChI is InChI=1S/C19H16N4O5/c1-18(2)6-13(24)15-14(7-18)28-16(21)11(8-20)19(15)10-5-9(23(26)27)3-4-12(10)22-17(19)25/h3-5,11,21H,6-7H2,1-2H3,(H,22,25). The Labute approximate surface area is 159 Å². The summed E-state index contributed by atoms with van der Waals surface area (Å²) in [6, 6.07) is 5.74. The molecule has 0 radical (unpaired) electrons. The quantitative estimate of drug-likeness (QED) is 0.565. The van der Waals surface area contributed by atoms with Crippen LogP contribution in [-0.4, -0.2) is 22.5 Å². The van der Waals surface area contributed by atoms with Crippen LogP contribution in [0.1, 0.15) is 32.3 Å². The van der Waals surface area contributed by atoms with Crippen LogP contribution < -0.4 is 5.32 Å². The predicted molar refractivity (Wildman–Crippen MR) is 96.4 cm³/mol. The molecule has 1 spiro atoms. The molecular weight excluding hydrogens is 364 g/mol. The Hall–Kier alpha value is -3.54. The summed E-state index contributed by atoms with van der Waals surface area (Å²) in [5.74, 6) is -2.66. The van der Waals surface area contributed by atoms with E-state index in [1.54, 1.807) is 0 Å². The molecular formula is C19H16N4O5. The van der Waals surface area contributed by atoms with Crippen molar-refractivity contribution in [3.05, 3.63) is 45.2 Å². The van der Waals surface area contributed by atoms with Crippen LogP contribution in [0.3, 0.4) is 0 Å². The fraction of sp³-hybridized carbons (Fsp3) is 0.368. The topological polar surface area (TPSA) is 146 Å². The summed E-state index contributed by atoms with van der Waals surface area (Å²) in [6.07, 6.45) is 0.452. The SMILES string of the molecule is CC1(C)CC(=O)C2=C(C1)OC(=N)C(C#N)C21C(=O)Nc2ccc([N+](=O)[O-])cc21. The van der Waals surface area contributed by atoms with Crippen molar-refractivity contribution in [1.29, 1.82) is 10.7 Å². The van der Waals surface area contributed by atoms with E-state index in [4.69, 9.17) is 10.1 Å². The van der Waals surface area contributed by atoms with Crippen molar-refractivity contribution < 1.29 is 19.2 Å². The van der Waals surface area contributed by atoms with Crippen molar-refractivity contribution in [2.45, 2.75) is 32.1 Å². The summed E-state index contributed by atoms with van der Waals surface area (Å²) in [6.45, 7) is 3.75. The molecule has 9 nitrogen and oxygen atoms in total. The lowest BCUT2D eigenvalue weighted by atomic mass is 9.59. The highest BCUT2D eigenvalue weighted by Gasteiger charge is 2.64. The number of Topliss-reactive ketones (excluding diaryl/α,β-unsaturated/α-hetero) is 1. The number of amides is 1. The maximum atomic E-state index is 13.2. The van der Waals surface area contributed by atoms with Crippen LogP contribution in [0.2, 0.25) is 0 Å². The maximum absolute atomic E-state index is 13.2. The van der Waals surface area contributed by atoms with Gasteiger partial charge in [0.1, 0.15) is 17.1 Å². The van der Waals surface area contributed by atoms with Crippen LogP contribution in [0.15, 0.2) is 29.5 Å². The molecule has 0 saturated carbocycles. The molecule has 1 aromatic carbocycles. The number of allylic oxidation sites excluding steroid dienone is 1. The molecule has 1 aliphatic carbocycles.